The minimum absolute atomic E-state index is 0.0247. The maximum absolute atomic E-state index is 12.9. The molecule has 0 saturated carbocycles. The van der Waals surface area contributed by atoms with E-state index in [0.717, 1.165) is 47.5 Å². The Balaban J connectivity index is 1.53. The van der Waals surface area contributed by atoms with Crippen LogP contribution in [0.15, 0.2) is 72.8 Å². The average molecular weight is 488 g/mol. The van der Waals surface area contributed by atoms with Gasteiger partial charge in [-0.15, -0.1) is 0 Å². The monoisotopic (exact) mass is 487 g/mol. The minimum Gasteiger partial charge on any atom is -0.508 e. The van der Waals surface area contributed by atoms with Crippen molar-refractivity contribution in [2.24, 2.45) is 0 Å². The van der Waals surface area contributed by atoms with E-state index in [1.165, 1.54) is 0 Å². The van der Waals surface area contributed by atoms with Crippen LogP contribution in [0.3, 0.4) is 0 Å². The normalized spacial score (nSPS) is 16.7. The van der Waals surface area contributed by atoms with Gasteiger partial charge in [-0.05, 0) is 75.8 Å². The molecule has 0 radical (unpaired) electrons. The number of carboxylic acids is 1. The largest absolute Gasteiger partial charge is 0.508 e. The zero-order chi connectivity index (χ0) is 25.9. The molecule has 0 aromatic heterocycles. The van der Waals surface area contributed by atoms with E-state index in [-0.39, 0.29) is 17.4 Å². The number of ether oxygens (including phenoxy) is 1. The smallest absolute Gasteiger partial charge is 0.318 e. The maximum atomic E-state index is 12.9. The molecule has 4 rings (SSSR count). The molecule has 0 amide bonds. The highest BCUT2D eigenvalue weighted by molar-refractivity contribution is 5.86. The molecule has 1 heterocycles. The molecule has 1 saturated heterocycles. The van der Waals surface area contributed by atoms with Gasteiger partial charge in [-0.2, -0.15) is 0 Å². The molecule has 2 N–H and O–H groups in total. The third-order valence-corrected chi connectivity index (χ3v) is 7.78. The summed E-state index contributed by atoms with van der Waals surface area (Å²) in [6.07, 6.45) is 2.10. The fraction of sp³-hybridized carbons (Fsp3) is 0.387. The van der Waals surface area contributed by atoms with Crippen molar-refractivity contribution in [1.82, 2.24) is 4.90 Å². The number of aliphatic carboxylic acids is 1. The van der Waals surface area contributed by atoms with E-state index >= 15 is 0 Å². The molecule has 0 unspecified atom stereocenters. The Hall–Kier alpha value is -3.31. The quantitative estimate of drug-likeness (QED) is 0.382. The highest BCUT2D eigenvalue weighted by Gasteiger charge is 2.44. The molecule has 1 fully saturated rings. The number of phenolic OH excluding ortho intramolecular Hbond substituents is 1. The number of carbonyl (C=O) groups is 1. The summed E-state index contributed by atoms with van der Waals surface area (Å²) >= 11 is 0. The van der Waals surface area contributed by atoms with E-state index in [4.69, 9.17) is 4.74 Å². The lowest BCUT2D eigenvalue weighted by molar-refractivity contribution is -0.142. The number of nitrogens with zero attached hydrogens (tertiary/aromatic N) is 1. The van der Waals surface area contributed by atoms with Crippen LogP contribution in [0, 0.1) is 13.8 Å². The molecule has 190 valence electrons. The SMILES string of the molecule is Cc1cc(O)c(C)c(O[C@H]2CCN(C(C)(C)CCC(C(=O)O)(c3ccccc3)c3ccccc3)C2)c1. The molecular formula is C31H37NO4. The number of phenols is 1. The third kappa shape index (κ3) is 5.12. The second-order valence-electron chi connectivity index (χ2n) is 10.6. The van der Waals surface area contributed by atoms with Gasteiger partial charge in [0.1, 0.15) is 23.0 Å². The van der Waals surface area contributed by atoms with Crippen molar-refractivity contribution in [3.63, 3.8) is 0 Å². The van der Waals surface area contributed by atoms with Gasteiger partial charge < -0.3 is 14.9 Å². The first-order chi connectivity index (χ1) is 17.1. The standard InChI is InChI=1S/C31H37NO4/c1-22-19-27(33)23(2)28(20-22)36-26-15-18-32(21-26)30(3,4)16-17-31(29(34)35,24-11-7-5-8-12-24)25-13-9-6-10-14-25/h5-14,19-20,26,33H,15-18,21H2,1-4H3,(H,34,35)/t26-/m0/s1. The average Bonchev–Trinajstić information content (AvgIpc) is 3.33. The number of aryl methyl sites for hydroxylation is 1. The molecule has 5 nitrogen and oxygen atoms in total. The van der Waals surface area contributed by atoms with Crippen LogP contribution in [0.1, 0.15) is 55.4 Å². The number of rotatable bonds is 9. The van der Waals surface area contributed by atoms with Crippen LogP contribution < -0.4 is 4.74 Å². The maximum Gasteiger partial charge on any atom is 0.318 e. The summed E-state index contributed by atoms with van der Waals surface area (Å²) in [7, 11) is 0. The Labute approximate surface area is 214 Å². The van der Waals surface area contributed by atoms with E-state index in [2.05, 4.69) is 18.7 Å². The number of benzene rings is 3. The molecular weight excluding hydrogens is 450 g/mol. The first-order valence-electron chi connectivity index (χ1n) is 12.7. The molecule has 0 bridgehead atoms. The summed E-state index contributed by atoms with van der Waals surface area (Å²) < 4.78 is 6.32. The second-order valence-corrected chi connectivity index (χ2v) is 10.6. The number of hydrogen-bond donors (Lipinski definition) is 2. The Morgan fingerprint density at radius 1 is 0.972 bits per heavy atom. The van der Waals surface area contributed by atoms with Gasteiger partial charge in [-0.1, -0.05) is 60.7 Å². The second kappa shape index (κ2) is 10.4. The minimum atomic E-state index is -1.12. The van der Waals surface area contributed by atoms with Gasteiger partial charge in [-0.3, -0.25) is 9.69 Å². The van der Waals surface area contributed by atoms with Crippen molar-refractivity contribution < 1.29 is 19.7 Å². The van der Waals surface area contributed by atoms with Crippen LogP contribution >= 0.6 is 0 Å². The van der Waals surface area contributed by atoms with Crippen LogP contribution in [0.4, 0.5) is 0 Å². The van der Waals surface area contributed by atoms with Gasteiger partial charge in [0.25, 0.3) is 0 Å². The molecule has 5 heteroatoms. The highest BCUT2D eigenvalue weighted by Crippen LogP contribution is 2.40. The van der Waals surface area contributed by atoms with Crippen LogP contribution in [-0.4, -0.2) is 45.8 Å². The first kappa shape index (κ1) is 25.8. The van der Waals surface area contributed by atoms with Gasteiger partial charge in [0.2, 0.25) is 0 Å². The van der Waals surface area contributed by atoms with E-state index < -0.39 is 11.4 Å². The van der Waals surface area contributed by atoms with Crippen LogP contribution in [0.2, 0.25) is 0 Å². The van der Waals surface area contributed by atoms with Crippen molar-refractivity contribution in [1.29, 1.82) is 0 Å². The molecule has 3 aromatic carbocycles. The van der Waals surface area contributed by atoms with Crippen LogP contribution in [0.5, 0.6) is 11.5 Å². The zero-order valence-corrected chi connectivity index (χ0v) is 21.7. The van der Waals surface area contributed by atoms with Crippen molar-refractivity contribution >= 4 is 5.97 Å². The third-order valence-electron chi connectivity index (χ3n) is 7.78. The molecule has 1 aliphatic heterocycles. The van der Waals surface area contributed by atoms with E-state index in [1.807, 2.05) is 80.6 Å². The lowest BCUT2D eigenvalue weighted by Gasteiger charge is -2.39. The predicted molar refractivity (Wildman–Crippen MR) is 143 cm³/mol. The number of aromatic hydroxyl groups is 1. The predicted octanol–water partition coefficient (Wildman–Crippen LogP) is 6.09. The van der Waals surface area contributed by atoms with Gasteiger partial charge in [0.05, 0.1) is 0 Å². The highest BCUT2D eigenvalue weighted by atomic mass is 16.5. The number of hydrogen-bond acceptors (Lipinski definition) is 4. The Bertz CT molecular complexity index is 1150. The fourth-order valence-corrected chi connectivity index (χ4v) is 5.39. The summed E-state index contributed by atoms with van der Waals surface area (Å²) in [4.78, 5) is 15.4. The Morgan fingerprint density at radius 2 is 1.56 bits per heavy atom. The summed E-state index contributed by atoms with van der Waals surface area (Å²) in [5.74, 6) is 0.162. The number of carboxylic acid groups (broad SMARTS) is 1. The fourth-order valence-electron chi connectivity index (χ4n) is 5.39. The lowest BCUT2D eigenvalue weighted by Crippen LogP contribution is -2.46. The van der Waals surface area contributed by atoms with E-state index in [1.54, 1.807) is 6.07 Å². The Morgan fingerprint density at radius 3 is 2.11 bits per heavy atom. The van der Waals surface area contributed by atoms with Crippen molar-refractivity contribution in [2.45, 2.75) is 64.0 Å². The molecule has 1 aliphatic rings. The van der Waals surface area contributed by atoms with Crippen molar-refractivity contribution in [2.75, 3.05) is 13.1 Å². The van der Waals surface area contributed by atoms with Crippen molar-refractivity contribution in [3.8, 4) is 11.5 Å². The molecule has 1 atom stereocenters. The van der Waals surface area contributed by atoms with Gasteiger partial charge >= 0.3 is 5.97 Å². The van der Waals surface area contributed by atoms with Crippen LogP contribution in [-0.2, 0) is 10.2 Å². The summed E-state index contributed by atoms with van der Waals surface area (Å²) in [5, 5.41) is 20.8. The molecule has 36 heavy (non-hydrogen) atoms. The number of likely N-dealkylation sites (tertiary alicyclic amines) is 1. The Kier molecular flexibility index (Phi) is 7.41. The molecule has 3 aromatic rings. The van der Waals surface area contributed by atoms with E-state index in [9.17, 15) is 15.0 Å². The van der Waals surface area contributed by atoms with Crippen LogP contribution in [0.25, 0.3) is 0 Å². The summed E-state index contributed by atoms with van der Waals surface area (Å²) in [5.41, 5.74) is 2.00. The zero-order valence-electron chi connectivity index (χ0n) is 21.7. The summed E-state index contributed by atoms with van der Waals surface area (Å²) in [6.45, 7) is 9.86. The molecule has 0 spiro atoms. The van der Waals surface area contributed by atoms with Gasteiger partial charge in [0, 0.05) is 24.2 Å². The van der Waals surface area contributed by atoms with E-state index in [0.29, 0.717) is 12.8 Å². The van der Waals surface area contributed by atoms with Gasteiger partial charge in [0.15, 0.2) is 0 Å². The van der Waals surface area contributed by atoms with Gasteiger partial charge in [-0.25, -0.2) is 0 Å². The molecule has 0 aliphatic carbocycles. The summed E-state index contributed by atoms with van der Waals surface area (Å²) in [6, 6.07) is 22.9. The van der Waals surface area contributed by atoms with Crippen molar-refractivity contribution in [3.05, 3.63) is 95.1 Å². The first-order valence-corrected chi connectivity index (χ1v) is 12.7. The lowest BCUT2D eigenvalue weighted by atomic mass is 9.69. The topological polar surface area (TPSA) is 70.0 Å².